The van der Waals surface area contributed by atoms with Crippen molar-refractivity contribution in [1.82, 2.24) is 15.2 Å². The number of carbonyl (C=O) groups excluding carboxylic acids is 1. The molecule has 5 heteroatoms. The van der Waals surface area contributed by atoms with Crippen LogP contribution in [-0.2, 0) is 11.2 Å². The van der Waals surface area contributed by atoms with Crippen LogP contribution in [-0.4, -0.2) is 62.1 Å². The third-order valence-electron chi connectivity index (χ3n) is 4.42. The first-order chi connectivity index (χ1) is 10.2. The summed E-state index contributed by atoms with van der Waals surface area (Å²) in [6.07, 6.45) is 1.70. The lowest BCUT2D eigenvalue weighted by Crippen LogP contribution is -2.44. The zero-order valence-electron chi connectivity index (χ0n) is 12.7. The molecule has 0 bridgehead atoms. The van der Waals surface area contributed by atoms with E-state index >= 15 is 0 Å². The Kier molecular flexibility index (Phi) is 4.41. The molecule has 0 saturated carbocycles. The van der Waals surface area contributed by atoms with Crippen LogP contribution in [0.25, 0.3) is 0 Å². The summed E-state index contributed by atoms with van der Waals surface area (Å²) >= 11 is 0. The number of hydrazine groups is 1. The molecule has 5 nitrogen and oxygen atoms in total. The van der Waals surface area contributed by atoms with Gasteiger partial charge in [-0.2, -0.15) is 0 Å². The highest BCUT2D eigenvalue weighted by Gasteiger charge is 2.25. The maximum atomic E-state index is 11.6. The quantitative estimate of drug-likeness (QED) is 0.886. The van der Waals surface area contributed by atoms with Crippen LogP contribution in [0.2, 0.25) is 0 Å². The molecule has 21 heavy (non-hydrogen) atoms. The van der Waals surface area contributed by atoms with Gasteiger partial charge in [-0.25, -0.2) is 0 Å². The van der Waals surface area contributed by atoms with Gasteiger partial charge in [0.25, 0.3) is 0 Å². The van der Waals surface area contributed by atoms with Crippen LogP contribution in [0.3, 0.4) is 0 Å². The van der Waals surface area contributed by atoms with E-state index < -0.39 is 0 Å². The van der Waals surface area contributed by atoms with Crippen molar-refractivity contribution in [2.75, 3.05) is 51.3 Å². The van der Waals surface area contributed by atoms with E-state index in [9.17, 15) is 4.79 Å². The van der Waals surface area contributed by atoms with Crippen LogP contribution in [0.5, 0.6) is 0 Å². The summed E-state index contributed by atoms with van der Waals surface area (Å²) in [6, 6.07) is 8.63. The number of benzene rings is 1. The lowest BCUT2D eigenvalue weighted by Gasteiger charge is -2.27. The number of amides is 1. The molecule has 2 saturated heterocycles. The second-order valence-corrected chi connectivity index (χ2v) is 5.80. The smallest absolute Gasteiger partial charge is 0.242 e. The van der Waals surface area contributed by atoms with E-state index in [-0.39, 0.29) is 5.91 Å². The highest BCUT2D eigenvalue weighted by molar-refractivity contribution is 5.81. The van der Waals surface area contributed by atoms with Crippen molar-refractivity contribution < 1.29 is 4.79 Å². The first kappa shape index (κ1) is 14.4. The summed E-state index contributed by atoms with van der Waals surface area (Å²) in [6.45, 7) is 6.43. The SMILES string of the molecule is CN1C(=O)CCN1c1ccc(CCN2CCNCC2)cc1. The normalized spacial score (nSPS) is 20.3. The third-order valence-corrected chi connectivity index (χ3v) is 4.42. The molecular weight excluding hydrogens is 264 g/mol. The Morgan fingerprint density at radius 1 is 1.10 bits per heavy atom. The number of nitrogens with one attached hydrogen (secondary N) is 1. The van der Waals surface area contributed by atoms with Gasteiger partial charge in [0.1, 0.15) is 0 Å². The second-order valence-electron chi connectivity index (χ2n) is 5.80. The van der Waals surface area contributed by atoms with E-state index in [0.29, 0.717) is 6.42 Å². The molecule has 0 atom stereocenters. The largest absolute Gasteiger partial charge is 0.314 e. The Morgan fingerprint density at radius 2 is 1.81 bits per heavy atom. The Hall–Kier alpha value is -1.59. The molecule has 1 aromatic rings. The lowest BCUT2D eigenvalue weighted by molar-refractivity contribution is -0.126. The average Bonchev–Trinajstić information content (AvgIpc) is 2.87. The molecule has 2 aliphatic rings. The van der Waals surface area contributed by atoms with Gasteiger partial charge in [-0.1, -0.05) is 12.1 Å². The molecule has 2 heterocycles. The monoisotopic (exact) mass is 288 g/mol. The summed E-state index contributed by atoms with van der Waals surface area (Å²) in [5, 5.41) is 7.14. The van der Waals surface area contributed by atoms with Crippen molar-refractivity contribution in [2.45, 2.75) is 12.8 Å². The average molecular weight is 288 g/mol. The molecule has 114 valence electrons. The van der Waals surface area contributed by atoms with Crippen LogP contribution in [0.4, 0.5) is 5.69 Å². The minimum atomic E-state index is 0.192. The molecule has 0 aromatic heterocycles. The topological polar surface area (TPSA) is 38.8 Å². The highest BCUT2D eigenvalue weighted by Crippen LogP contribution is 2.21. The Labute approximate surface area is 126 Å². The van der Waals surface area contributed by atoms with Crippen molar-refractivity contribution in [3.05, 3.63) is 29.8 Å². The summed E-state index contributed by atoms with van der Waals surface area (Å²) in [4.78, 5) is 14.1. The fourth-order valence-electron chi connectivity index (χ4n) is 3.01. The van der Waals surface area contributed by atoms with E-state index in [2.05, 4.69) is 34.5 Å². The van der Waals surface area contributed by atoms with Gasteiger partial charge in [0.15, 0.2) is 0 Å². The third kappa shape index (κ3) is 3.36. The van der Waals surface area contributed by atoms with Crippen molar-refractivity contribution in [3.63, 3.8) is 0 Å². The fraction of sp³-hybridized carbons (Fsp3) is 0.562. The summed E-state index contributed by atoms with van der Waals surface area (Å²) in [5.74, 6) is 0.192. The lowest BCUT2D eigenvalue weighted by atomic mass is 10.1. The Balaban J connectivity index is 1.55. The zero-order valence-corrected chi connectivity index (χ0v) is 12.7. The van der Waals surface area contributed by atoms with Gasteiger partial charge in [0.05, 0.1) is 5.69 Å². The summed E-state index contributed by atoms with van der Waals surface area (Å²) in [7, 11) is 1.84. The molecule has 0 radical (unpaired) electrons. The highest BCUT2D eigenvalue weighted by atomic mass is 16.2. The minimum absolute atomic E-state index is 0.192. The van der Waals surface area contributed by atoms with Gasteiger partial charge >= 0.3 is 0 Å². The van der Waals surface area contributed by atoms with Crippen LogP contribution >= 0.6 is 0 Å². The molecule has 2 fully saturated rings. The maximum absolute atomic E-state index is 11.6. The first-order valence-corrected chi connectivity index (χ1v) is 7.80. The Bertz CT molecular complexity index is 482. The van der Waals surface area contributed by atoms with Gasteiger partial charge in [-0.15, -0.1) is 0 Å². The van der Waals surface area contributed by atoms with Crippen LogP contribution in [0.1, 0.15) is 12.0 Å². The van der Waals surface area contributed by atoms with Gasteiger partial charge in [0.2, 0.25) is 5.91 Å². The van der Waals surface area contributed by atoms with E-state index in [1.54, 1.807) is 5.01 Å². The van der Waals surface area contributed by atoms with E-state index in [1.807, 2.05) is 12.1 Å². The van der Waals surface area contributed by atoms with Crippen LogP contribution < -0.4 is 10.3 Å². The van der Waals surface area contributed by atoms with Crippen LogP contribution in [0, 0.1) is 0 Å². The predicted molar refractivity (Wildman–Crippen MR) is 84.2 cm³/mol. The van der Waals surface area contributed by atoms with Gasteiger partial charge in [-0.3, -0.25) is 14.8 Å². The molecule has 0 aliphatic carbocycles. The number of hydrogen-bond acceptors (Lipinski definition) is 4. The van der Waals surface area contributed by atoms with Crippen molar-refractivity contribution in [1.29, 1.82) is 0 Å². The summed E-state index contributed by atoms with van der Waals surface area (Å²) in [5.41, 5.74) is 2.47. The first-order valence-electron chi connectivity index (χ1n) is 7.80. The molecule has 0 spiro atoms. The number of anilines is 1. The standard InChI is InChI=1S/C16H24N4O/c1-18-16(21)7-11-20(18)15-4-2-14(3-5-15)6-10-19-12-8-17-9-13-19/h2-5,17H,6-13H2,1H3. The number of rotatable bonds is 4. The Morgan fingerprint density at radius 3 is 2.43 bits per heavy atom. The molecule has 1 N–H and O–H groups in total. The fourth-order valence-corrected chi connectivity index (χ4v) is 3.01. The van der Waals surface area contributed by atoms with Crippen molar-refractivity contribution in [2.24, 2.45) is 0 Å². The van der Waals surface area contributed by atoms with E-state index in [0.717, 1.165) is 51.4 Å². The maximum Gasteiger partial charge on any atom is 0.242 e. The van der Waals surface area contributed by atoms with Gasteiger partial charge < -0.3 is 10.2 Å². The molecular formula is C16H24N4O. The van der Waals surface area contributed by atoms with Crippen molar-refractivity contribution in [3.8, 4) is 0 Å². The molecule has 2 aliphatic heterocycles. The van der Waals surface area contributed by atoms with Gasteiger partial charge in [0, 0.05) is 52.7 Å². The number of carbonyl (C=O) groups is 1. The van der Waals surface area contributed by atoms with E-state index in [1.165, 1.54) is 5.56 Å². The van der Waals surface area contributed by atoms with E-state index in [4.69, 9.17) is 0 Å². The molecule has 1 aromatic carbocycles. The molecule has 1 amide bonds. The molecule has 3 rings (SSSR count). The number of hydrogen-bond donors (Lipinski definition) is 1. The predicted octanol–water partition coefficient (Wildman–Crippen LogP) is 0.718. The molecule has 0 unspecified atom stereocenters. The summed E-state index contributed by atoms with van der Waals surface area (Å²) < 4.78 is 0. The van der Waals surface area contributed by atoms with Gasteiger partial charge in [-0.05, 0) is 24.1 Å². The minimum Gasteiger partial charge on any atom is -0.314 e. The zero-order chi connectivity index (χ0) is 14.7. The number of piperazine rings is 1. The van der Waals surface area contributed by atoms with Crippen molar-refractivity contribution >= 4 is 11.6 Å². The van der Waals surface area contributed by atoms with Crippen LogP contribution in [0.15, 0.2) is 24.3 Å². The number of nitrogens with zero attached hydrogens (tertiary/aromatic N) is 3. The second kappa shape index (κ2) is 6.45.